The number of alkyl halides is 1. The van der Waals surface area contributed by atoms with Gasteiger partial charge in [-0.1, -0.05) is 12.8 Å². The van der Waals surface area contributed by atoms with Gasteiger partial charge in [0.15, 0.2) is 0 Å². The molecule has 1 atom stereocenters. The molecule has 1 aliphatic heterocycles. The Morgan fingerprint density at radius 2 is 2.00 bits per heavy atom. The van der Waals surface area contributed by atoms with E-state index in [2.05, 4.69) is 0 Å². The first kappa shape index (κ1) is 13.3. The number of halogens is 1. The van der Waals surface area contributed by atoms with Crippen molar-refractivity contribution in [1.29, 1.82) is 0 Å². The molecule has 1 heterocycles. The van der Waals surface area contributed by atoms with Crippen molar-refractivity contribution in [1.82, 2.24) is 4.31 Å². The second kappa shape index (κ2) is 5.51. The molecule has 0 bridgehead atoms. The van der Waals surface area contributed by atoms with Crippen molar-refractivity contribution in [2.75, 3.05) is 12.4 Å². The second-order valence-corrected chi connectivity index (χ2v) is 7.11. The minimum absolute atomic E-state index is 0.00145. The van der Waals surface area contributed by atoms with E-state index in [9.17, 15) is 8.42 Å². The van der Waals surface area contributed by atoms with Crippen LogP contribution in [0, 0.1) is 0 Å². The topological polar surface area (TPSA) is 37.4 Å². The summed E-state index contributed by atoms with van der Waals surface area (Å²) in [6.07, 6.45) is 4.05. The van der Waals surface area contributed by atoms with Crippen LogP contribution in [0.1, 0.15) is 39.5 Å². The van der Waals surface area contributed by atoms with Gasteiger partial charge in [-0.2, -0.15) is 4.31 Å². The van der Waals surface area contributed by atoms with Crippen LogP contribution in [0.5, 0.6) is 0 Å². The van der Waals surface area contributed by atoms with Crippen LogP contribution >= 0.6 is 11.6 Å². The SMILES string of the molecule is CC(C)S(=O)(=O)N1CCCCCC1CCl. The monoisotopic (exact) mass is 253 g/mol. The van der Waals surface area contributed by atoms with Crippen LogP contribution in [0.15, 0.2) is 0 Å². The predicted octanol–water partition coefficient (Wildman–Crippen LogP) is 2.21. The van der Waals surface area contributed by atoms with Gasteiger partial charge in [0, 0.05) is 18.5 Å². The molecule has 1 rings (SSSR count). The molecule has 1 saturated heterocycles. The molecule has 0 saturated carbocycles. The lowest BCUT2D eigenvalue weighted by molar-refractivity contribution is 0.342. The third kappa shape index (κ3) is 3.08. The molecule has 0 aliphatic carbocycles. The van der Waals surface area contributed by atoms with Gasteiger partial charge in [-0.3, -0.25) is 0 Å². The van der Waals surface area contributed by atoms with E-state index >= 15 is 0 Å². The van der Waals surface area contributed by atoms with E-state index in [1.165, 1.54) is 0 Å². The van der Waals surface area contributed by atoms with Gasteiger partial charge >= 0.3 is 0 Å². The predicted molar refractivity (Wildman–Crippen MR) is 63.7 cm³/mol. The Morgan fingerprint density at radius 3 is 2.53 bits per heavy atom. The highest BCUT2D eigenvalue weighted by Crippen LogP contribution is 2.23. The van der Waals surface area contributed by atoms with Gasteiger partial charge in [0.2, 0.25) is 10.0 Å². The van der Waals surface area contributed by atoms with E-state index < -0.39 is 10.0 Å². The fraction of sp³-hybridized carbons (Fsp3) is 1.00. The van der Waals surface area contributed by atoms with Crippen LogP contribution in [0.25, 0.3) is 0 Å². The second-order valence-electron chi connectivity index (χ2n) is 4.36. The summed E-state index contributed by atoms with van der Waals surface area (Å²) in [6, 6.07) is 0.00145. The summed E-state index contributed by atoms with van der Waals surface area (Å²) in [5.74, 6) is 0.409. The molecule has 5 heteroatoms. The lowest BCUT2D eigenvalue weighted by Gasteiger charge is -2.29. The third-order valence-corrected chi connectivity index (χ3v) is 5.61. The van der Waals surface area contributed by atoms with E-state index in [1.807, 2.05) is 0 Å². The smallest absolute Gasteiger partial charge is 0.212 e. The third-order valence-electron chi connectivity index (χ3n) is 2.92. The van der Waals surface area contributed by atoms with Gasteiger partial charge in [-0.25, -0.2) is 8.42 Å². The molecule has 1 fully saturated rings. The quantitative estimate of drug-likeness (QED) is 0.724. The van der Waals surface area contributed by atoms with Gasteiger partial charge < -0.3 is 0 Å². The van der Waals surface area contributed by atoms with Gasteiger partial charge in [-0.05, 0) is 26.7 Å². The van der Waals surface area contributed by atoms with Crippen LogP contribution in [-0.2, 0) is 10.0 Å². The molecule has 0 radical (unpaired) electrons. The number of hydrogen-bond acceptors (Lipinski definition) is 2. The number of hydrogen-bond donors (Lipinski definition) is 0. The van der Waals surface area contributed by atoms with E-state index in [1.54, 1.807) is 18.2 Å². The van der Waals surface area contributed by atoms with Crippen molar-refractivity contribution in [2.45, 2.75) is 50.8 Å². The standard InChI is InChI=1S/C10H20ClNO2S/c1-9(2)15(13,14)12-7-5-3-4-6-10(12)8-11/h9-10H,3-8H2,1-2H3. The highest BCUT2D eigenvalue weighted by molar-refractivity contribution is 7.89. The van der Waals surface area contributed by atoms with Gasteiger partial charge in [0.1, 0.15) is 0 Å². The van der Waals surface area contributed by atoms with Gasteiger partial charge in [-0.15, -0.1) is 11.6 Å². The molecule has 3 nitrogen and oxygen atoms in total. The number of rotatable bonds is 3. The number of sulfonamides is 1. The molecule has 0 aromatic heterocycles. The summed E-state index contributed by atoms with van der Waals surface area (Å²) in [6.45, 7) is 4.09. The molecular formula is C10H20ClNO2S. The fourth-order valence-electron chi connectivity index (χ4n) is 1.91. The minimum atomic E-state index is -3.14. The molecule has 15 heavy (non-hydrogen) atoms. The fourth-order valence-corrected chi connectivity index (χ4v) is 3.83. The normalized spacial score (nSPS) is 25.5. The van der Waals surface area contributed by atoms with Crippen LogP contribution in [-0.4, -0.2) is 36.4 Å². The maximum atomic E-state index is 12.1. The molecule has 1 aliphatic rings. The van der Waals surface area contributed by atoms with Crippen molar-refractivity contribution in [3.8, 4) is 0 Å². The lowest BCUT2D eigenvalue weighted by Crippen LogP contribution is -2.44. The first-order chi connectivity index (χ1) is 7.00. The van der Waals surface area contributed by atoms with E-state index in [4.69, 9.17) is 11.6 Å². The first-order valence-corrected chi connectivity index (χ1v) is 7.60. The van der Waals surface area contributed by atoms with Gasteiger partial charge in [0.25, 0.3) is 0 Å². The highest BCUT2D eigenvalue weighted by atomic mass is 35.5. The number of nitrogens with zero attached hydrogens (tertiary/aromatic N) is 1. The van der Waals surface area contributed by atoms with Crippen LogP contribution < -0.4 is 0 Å². The maximum Gasteiger partial charge on any atom is 0.216 e. The highest BCUT2D eigenvalue weighted by Gasteiger charge is 2.32. The average Bonchev–Trinajstić information content (AvgIpc) is 2.41. The van der Waals surface area contributed by atoms with Crippen LogP contribution in [0.4, 0.5) is 0 Å². The Morgan fingerprint density at radius 1 is 1.33 bits per heavy atom. The molecule has 0 aromatic rings. The molecule has 0 amide bonds. The molecule has 0 aromatic carbocycles. The van der Waals surface area contributed by atoms with Crippen molar-refractivity contribution in [3.05, 3.63) is 0 Å². The van der Waals surface area contributed by atoms with Crippen LogP contribution in [0.2, 0.25) is 0 Å². The zero-order valence-electron chi connectivity index (χ0n) is 9.45. The van der Waals surface area contributed by atoms with Crippen molar-refractivity contribution < 1.29 is 8.42 Å². The minimum Gasteiger partial charge on any atom is -0.212 e. The summed E-state index contributed by atoms with van der Waals surface area (Å²) in [4.78, 5) is 0. The summed E-state index contributed by atoms with van der Waals surface area (Å²) in [5.41, 5.74) is 0. The van der Waals surface area contributed by atoms with E-state index in [0.717, 1.165) is 25.7 Å². The Bertz CT molecular complexity index is 290. The Balaban J connectivity index is 2.88. The Labute approximate surface area is 97.8 Å². The molecule has 0 spiro atoms. The molecule has 1 unspecified atom stereocenters. The zero-order chi connectivity index (χ0) is 11.5. The largest absolute Gasteiger partial charge is 0.216 e. The molecule has 90 valence electrons. The van der Waals surface area contributed by atoms with E-state index in [0.29, 0.717) is 12.4 Å². The maximum absolute atomic E-state index is 12.1. The Hall–Kier alpha value is 0.200. The summed E-state index contributed by atoms with van der Waals surface area (Å²) < 4.78 is 25.8. The van der Waals surface area contributed by atoms with E-state index in [-0.39, 0.29) is 11.3 Å². The van der Waals surface area contributed by atoms with Crippen molar-refractivity contribution >= 4 is 21.6 Å². The summed E-state index contributed by atoms with van der Waals surface area (Å²) in [5, 5.41) is -0.346. The van der Waals surface area contributed by atoms with Crippen LogP contribution in [0.3, 0.4) is 0 Å². The first-order valence-electron chi connectivity index (χ1n) is 5.56. The molecular weight excluding hydrogens is 234 g/mol. The summed E-state index contributed by atoms with van der Waals surface area (Å²) in [7, 11) is -3.14. The average molecular weight is 254 g/mol. The van der Waals surface area contributed by atoms with Gasteiger partial charge in [0.05, 0.1) is 5.25 Å². The zero-order valence-corrected chi connectivity index (χ0v) is 11.0. The lowest BCUT2D eigenvalue weighted by atomic mass is 10.1. The summed E-state index contributed by atoms with van der Waals surface area (Å²) >= 11 is 5.85. The Kier molecular flexibility index (Phi) is 4.87. The van der Waals surface area contributed by atoms with Crippen molar-refractivity contribution in [3.63, 3.8) is 0 Å². The molecule has 0 N–H and O–H groups in total. The van der Waals surface area contributed by atoms with Crippen molar-refractivity contribution in [2.24, 2.45) is 0 Å².